The maximum Gasteiger partial charge on any atom is 0.331 e. The van der Waals surface area contributed by atoms with E-state index in [4.69, 9.17) is 14.1 Å². The van der Waals surface area contributed by atoms with Crippen LogP contribution < -0.4 is 10.2 Å². The third kappa shape index (κ3) is 5.18. The van der Waals surface area contributed by atoms with Crippen molar-refractivity contribution in [3.63, 3.8) is 0 Å². The van der Waals surface area contributed by atoms with Gasteiger partial charge < -0.3 is 19.2 Å². The molecule has 0 aliphatic heterocycles. The van der Waals surface area contributed by atoms with E-state index in [2.05, 4.69) is 20.8 Å². The van der Waals surface area contributed by atoms with Crippen molar-refractivity contribution >= 4 is 12.9 Å². The fourth-order valence-electron chi connectivity index (χ4n) is 9.24. The molecule has 4 aliphatic rings. The lowest BCUT2D eigenvalue weighted by atomic mass is 9.35. The molecule has 4 bridgehead atoms. The first-order valence-electron chi connectivity index (χ1n) is 14.3. The van der Waals surface area contributed by atoms with E-state index in [-0.39, 0.29) is 34.3 Å². The second-order valence-corrected chi connectivity index (χ2v) is 15.0. The number of halogens is 1. The van der Waals surface area contributed by atoms with Crippen LogP contribution in [-0.2, 0) is 14.8 Å². The summed E-state index contributed by atoms with van der Waals surface area (Å²) >= 11 is 0. The average Bonchev–Trinajstić information content (AvgIpc) is 2.78. The maximum absolute atomic E-state index is 15.7. The highest BCUT2D eigenvalue weighted by molar-refractivity contribution is 6.49. The Balaban J connectivity index is 1.64. The molecule has 39 heavy (non-hydrogen) atoms. The molecule has 6 heteroatoms. The number of hydrogen-bond donors (Lipinski definition) is 1. The summed E-state index contributed by atoms with van der Waals surface area (Å²) in [5, 5.41) is 10.6. The van der Waals surface area contributed by atoms with Crippen LogP contribution in [-0.4, -0.2) is 37.7 Å². The molecule has 1 radical (unpaired) electrons. The van der Waals surface area contributed by atoms with Crippen molar-refractivity contribution in [1.82, 2.24) is 0 Å². The van der Waals surface area contributed by atoms with Crippen LogP contribution >= 0.6 is 0 Å². The topological polar surface area (TPSA) is 47.9 Å². The van der Waals surface area contributed by atoms with Crippen LogP contribution in [0.2, 0.25) is 0 Å². The van der Waals surface area contributed by atoms with Crippen molar-refractivity contribution in [3.05, 3.63) is 47.8 Å². The van der Waals surface area contributed by atoms with E-state index in [1.54, 1.807) is 40.6 Å². The molecular weight excluding hydrogens is 490 g/mol. The van der Waals surface area contributed by atoms with Crippen LogP contribution in [0.15, 0.2) is 36.4 Å². The summed E-state index contributed by atoms with van der Waals surface area (Å²) in [5.74, 6) is 0.451. The monoisotopic (exact) mass is 535 g/mol. The quantitative estimate of drug-likeness (QED) is 0.280. The van der Waals surface area contributed by atoms with E-state index in [0.717, 1.165) is 35.9 Å². The Kier molecular flexibility index (Phi) is 6.85. The molecule has 0 heterocycles. The van der Waals surface area contributed by atoms with Gasteiger partial charge in [-0.3, -0.25) is 0 Å². The van der Waals surface area contributed by atoms with Crippen molar-refractivity contribution < 1.29 is 23.6 Å². The highest BCUT2D eigenvalue weighted by Gasteiger charge is 2.65. The van der Waals surface area contributed by atoms with Crippen molar-refractivity contribution in [3.8, 4) is 16.9 Å². The van der Waals surface area contributed by atoms with Gasteiger partial charge in [0.25, 0.3) is 0 Å². The molecule has 211 valence electrons. The summed E-state index contributed by atoms with van der Waals surface area (Å²) in [7, 11) is 3.29. The van der Waals surface area contributed by atoms with E-state index >= 15 is 4.39 Å². The van der Waals surface area contributed by atoms with Gasteiger partial charge in [0.2, 0.25) is 0 Å². The Labute approximate surface area is 234 Å². The molecule has 0 amide bonds. The lowest BCUT2D eigenvalue weighted by Crippen LogP contribution is -2.60. The first-order valence-corrected chi connectivity index (χ1v) is 14.3. The van der Waals surface area contributed by atoms with Crippen molar-refractivity contribution in [2.24, 2.45) is 16.2 Å². The van der Waals surface area contributed by atoms with Crippen LogP contribution in [0.25, 0.3) is 11.1 Å². The van der Waals surface area contributed by atoms with Crippen LogP contribution in [0.3, 0.4) is 0 Å². The van der Waals surface area contributed by atoms with Gasteiger partial charge in [0, 0.05) is 23.7 Å². The molecule has 2 aromatic carbocycles. The molecule has 4 saturated carbocycles. The first kappa shape index (κ1) is 28.6. The first-order chi connectivity index (χ1) is 18.0. The molecular formula is C33H45BFO4. The molecule has 4 aliphatic carbocycles. The normalized spacial score (nSPS) is 31.9. The molecule has 0 spiro atoms. The van der Waals surface area contributed by atoms with E-state index in [0.29, 0.717) is 11.3 Å². The third-order valence-corrected chi connectivity index (χ3v) is 10.0. The minimum absolute atomic E-state index is 0.0850. The van der Waals surface area contributed by atoms with E-state index < -0.39 is 11.2 Å². The van der Waals surface area contributed by atoms with Gasteiger partial charge in [0.15, 0.2) is 6.79 Å². The minimum Gasteiger partial charge on any atom is -0.467 e. The molecule has 1 N–H and O–H groups in total. The zero-order valence-corrected chi connectivity index (χ0v) is 25.0. The Hall–Kier alpha value is -1.89. The molecule has 0 aromatic heterocycles. The van der Waals surface area contributed by atoms with Gasteiger partial charge in [-0.1, -0.05) is 45.0 Å². The highest BCUT2D eigenvalue weighted by Crippen LogP contribution is 2.74. The molecule has 6 rings (SSSR count). The fourth-order valence-corrected chi connectivity index (χ4v) is 9.24. The summed E-state index contributed by atoms with van der Waals surface area (Å²) in [6.07, 6.45) is 6.86. The summed E-state index contributed by atoms with van der Waals surface area (Å²) < 4.78 is 33.6. The Morgan fingerprint density at radius 1 is 0.872 bits per heavy atom. The lowest BCUT2D eigenvalue weighted by Gasteiger charge is -2.69. The predicted octanol–water partition coefficient (Wildman–Crippen LogP) is 6.92. The zero-order valence-electron chi connectivity index (χ0n) is 25.0. The lowest BCUT2D eigenvalue weighted by molar-refractivity contribution is -0.152. The predicted molar refractivity (Wildman–Crippen MR) is 155 cm³/mol. The molecule has 0 atom stereocenters. The van der Waals surface area contributed by atoms with Crippen molar-refractivity contribution in [1.29, 1.82) is 0 Å². The minimum atomic E-state index is -1.06. The van der Waals surface area contributed by atoms with Gasteiger partial charge in [-0.25, -0.2) is 4.39 Å². The number of hydrogen-bond acceptors (Lipinski definition) is 4. The van der Waals surface area contributed by atoms with Gasteiger partial charge in [-0.05, 0) is 106 Å². The van der Waals surface area contributed by atoms with Gasteiger partial charge >= 0.3 is 7.48 Å². The number of aliphatic hydroxyl groups is 1. The summed E-state index contributed by atoms with van der Waals surface area (Å²) in [6.45, 7) is 14.6. The second-order valence-electron chi connectivity index (χ2n) is 15.0. The molecule has 0 saturated heterocycles. The van der Waals surface area contributed by atoms with Crippen molar-refractivity contribution in [2.45, 2.75) is 104 Å². The highest BCUT2D eigenvalue weighted by atomic mass is 19.1. The second kappa shape index (κ2) is 9.32. The number of rotatable bonds is 9. The van der Waals surface area contributed by atoms with Crippen LogP contribution in [0, 0.1) is 22.1 Å². The zero-order chi connectivity index (χ0) is 28.5. The summed E-state index contributed by atoms with van der Waals surface area (Å²) in [4.78, 5) is 0. The molecule has 4 fully saturated rings. The van der Waals surface area contributed by atoms with Crippen molar-refractivity contribution in [2.75, 3.05) is 13.9 Å². The van der Waals surface area contributed by atoms with Crippen LogP contribution in [0.4, 0.5) is 4.39 Å². The van der Waals surface area contributed by atoms with E-state index in [1.807, 2.05) is 38.1 Å². The van der Waals surface area contributed by atoms with Crippen LogP contribution in [0.1, 0.15) is 92.6 Å². The van der Waals surface area contributed by atoms with Gasteiger partial charge in [0.1, 0.15) is 11.6 Å². The van der Waals surface area contributed by atoms with E-state index in [9.17, 15) is 5.11 Å². The average molecular weight is 536 g/mol. The van der Waals surface area contributed by atoms with Gasteiger partial charge in [-0.15, -0.1) is 0 Å². The Bertz CT molecular complexity index is 1200. The largest absolute Gasteiger partial charge is 0.467 e. The van der Waals surface area contributed by atoms with Gasteiger partial charge in [0.05, 0.1) is 11.2 Å². The smallest absolute Gasteiger partial charge is 0.331 e. The third-order valence-electron chi connectivity index (χ3n) is 10.0. The molecule has 4 nitrogen and oxygen atoms in total. The maximum atomic E-state index is 15.7. The molecule has 0 unspecified atom stereocenters. The standard InChI is InChI=1S/C33H45BFO4/c1-28(2,36)29(3,4)39-34-26-12-10-9-11-23(26)24-13-22(35)14-25(27(24)38-21-37-8)33-18-30(5)15-31(6,19-33)17-32(7,16-30)20-33/h9-14,36H,15-21H2,1-8H3. The number of benzene rings is 2. The van der Waals surface area contributed by atoms with Crippen LogP contribution in [0.5, 0.6) is 5.75 Å². The fraction of sp³-hybridized carbons (Fsp3) is 0.636. The number of ether oxygens (including phenoxy) is 2. The summed E-state index contributed by atoms with van der Waals surface area (Å²) in [6, 6.07) is 11.1. The van der Waals surface area contributed by atoms with E-state index in [1.165, 1.54) is 19.3 Å². The SMILES string of the molecule is COCOc1c(-c2ccccc2[B]OC(C)(C)C(C)(C)O)cc(F)cc1C12CC3(C)CC(C)(CC(C)(C3)C1)C2. The number of methoxy groups -OCH3 is 1. The summed E-state index contributed by atoms with van der Waals surface area (Å²) in [5.41, 5.74) is 1.99. The Morgan fingerprint density at radius 2 is 1.44 bits per heavy atom. The van der Waals surface area contributed by atoms with Gasteiger partial charge in [-0.2, -0.15) is 0 Å². The molecule has 2 aromatic rings. The Morgan fingerprint density at radius 3 is 1.97 bits per heavy atom.